The quantitative estimate of drug-likeness (QED) is 0.762. The van der Waals surface area contributed by atoms with Crippen LogP contribution in [0, 0.1) is 18.6 Å². The third kappa shape index (κ3) is 3.93. The van der Waals surface area contributed by atoms with Crippen molar-refractivity contribution in [1.82, 2.24) is 14.9 Å². The molecule has 2 aromatic carbocycles. The molecule has 3 aromatic rings. The number of nitrogens with one attached hydrogen (secondary N) is 1. The molecule has 0 saturated carbocycles. The number of hydrogen-bond acceptors (Lipinski definition) is 3. The highest BCUT2D eigenvalue weighted by molar-refractivity contribution is 5.81. The molecule has 1 aromatic heterocycles. The van der Waals surface area contributed by atoms with Gasteiger partial charge in [-0.15, -0.1) is 0 Å². The first-order chi connectivity index (χ1) is 12.4. The topological polar surface area (TPSA) is 64.0 Å². The Morgan fingerprint density at radius 3 is 2.65 bits per heavy atom. The maximum atomic E-state index is 13.1. The maximum Gasteiger partial charge on any atom is 0.261 e. The van der Waals surface area contributed by atoms with Gasteiger partial charge in [-0.3, -0.25) is 14.2 Å². The van der Waals surface area contributed by atoms with E-state index in [1.807, 2.05) is 13.0 Å². The number of amides is 1. The summed E-state index contributed by atoms with van der Waals surface area (Å²) in [5, 5.41) is 3.09. The standard InChI is InChI=1S/C19H17F2N3O2/c1-12-3-2-4-16-18(12)23-11-24(19(16)26)10-17(25)22-6-5-13-7-14(20)9-15(21)8-13/h2-4,7-9,11H,5-6,10H2,1H3,(H,22,25). The molecule has 0 radical (unpaired) electrons. The minimum Gasteiger partial charge on any atom is -0.354 e. The van der Waals surface area contributed by atoms with Crippen LogP contribution in [0.2, 0.25) is 0 Å². The van der Waals surface area contributed by atoms with Crippen LogP contribution < -0.4 is 10.9 Å². The molecule has 0 aliphatic heterocycles. The van der Waals surface area contributed by atoms with Gasteiger partial charge in [-0.25, -0.2) is 13.8 Å². The molecule has 3 rings (SSSR count). The maximum absolute atomic E-state index is 13.1. The van der Waals surface area contributed by atoms with Gasteiger partial charge in [0.15, 0.2) is 0 Å². The Balaban J connectivity index is 1.64. The number of aryl methyl sites for hydroxylation is 1. The molecule has 0 atom stereocenters. The minimum atomic E-state index is -0.657. The third-order valence-electron chi connectivity index (χ3n) is 4.03. The zero-order chi connectivity index (χ0) is 18.7. The monoisotopic (exact) mass is 357 g/mol. The van der Waals surface area contributed by atoms with Crippen molar-refractivity contribution < 1.29 is 13.6 Å². The lowest BCUT2D eigenvalue weighted by Crippen LogP contribution is -2.33. The van der Waals surface area contributed by atoms with E-state index in [2.05, 4.69) is 10.3 Å². The molecule has 1 N–H and O–H groups in total. The summed E-state index contributed by atoms with van der Waals surface area (Å²) in [6.07, 6.45) is 1.63. The summed E-state index contributed by atoms with van der Waals surface area (Å²) in [6.45, 7) is 1.89. The second kappa shape index (κ2) is 7.43. The molecule has 134 valence electrons. The summed E-state index contributed by atoms with van der Waals surface area (Å²) in [5.74, 6) is -1.69. The molecule has 0 fully saturated rings. The van der Waals surface area contributed by atoms with Gasteiger partial charge in [0, 0.05) is 12.6 Å². The van der Waals surface area contributed by atoms with Crippen molar-refractivity contribution in [3.05, 3.63) is 75.8 Å². The molecule has 1 heterocycles. The van der Waals surface area contributed by atoms with Crippen molar-refractivity contribution in [3.8, 4) is 0 Å². The van der Waals surface area contributed by atoms with E-state index in [9.17, 15) is 18.4 Å². The molecule has 0 aliphatic rings. The molecule has 0 unspecified atom stereocenters. The zero-order valence-corrected chi connectivity index (χ0v) is 14.1. The van der Waals surface area contributed by atoms with Gasteiger partial charge in [0.2, 0.25) is 5.91 Å². The number of para-hydroxylation sites is 1. The summed E-state index contributed by atoms with van der Waals surface area (Å²) >= 11 is 0. The van der Waals surface area contributed by atoms with E-state index in [0.717, 1.165) is 11.6 Å². The summed E-state index contributed by atoms with van der Waals surface area (Å²) < 4.78 is 27.5. The first-order valence-corrected chi connectivity index (χ1v) is 8.10. The molecular weight excluding hydrogens is 340 g/mol. The first-order valence-electron chi connectivity index (χ1n) is 8.10. The highest BCUT2D eigenvalue weighted by Crippen LogP contribution is 2.11. The van der Waals surface area contributed by atoms with E-state index in [4.69, 9.17) is 0 Å². The fourth-order valence-corrected chi connectivity index (χ4v) is 2.76. The summed E-state index contributed by atoms with van der Waals surface area (Å²) in [4.78, 5) is 28.7. The second-order valence-electron chi connectivity index (χ2n) is 6.03. The fraction of sp³-hybridized carbons (Fsp3) is 0.211. The lowest BCUT2D eigenvalue weighted by Gasteiger charge is -2.09. The Kier molecular flexibility index (Phi) is 5.06. The van der Waals surface area contributed by atoms with Gasteiger partial charge in [0.1, 0.15) is 18.2 Å². The van der Waals surface area contributed by atoms with Crippen molar-refractivity contribution in [2.75, 3.05) is 6.54 Å². The molecule has 7 heteroatoms. The highest BCUT2D eigenvalue weighted by Gasteiger charge is 2.09. The number of benzene rings is 2. The number of fused-ring (bicyclic) bond motifs is 1. The summed E-state index contributed by atoms with van der Waals surface area (Å²) in [5.41, 5.74) is 1.66. The molecule has 0 spiro atoms. The Morgan fingerprint density at radius 2 is 1.92 bits per heavy atom. The Bertz CT molecular complexity index is 1010. The Hall–Kier alpha value is -3.09. The van der Waals surface area contributed by atoms with E-state index in [1.165, 1.54) is 23.0 Å². The number of carbonyl (C=O) groups is 1. The van der Waals surface area contributed by atoms with Crippen LogP contribution in [0.15, 0.2) is 47.5 Å². The van der Waals surface area contributed by atoms with Gasteiger partial charge < -0.3 is 5.32 Å². The van der Waals surface area contributed by atoms with Crippen molar-refractivity contribution in [3.63, 3.8) is 0 Å². The zero-order valence-electron chi connectivity index (χ0n) is 14.1. The summed E-state index contributed by atoms with van der Waals surface area (Å²) in [7, 11) is 0. The molecule has 0 bridgehead atoms. The highest BCUT2D eigenvalue weighted by atomic mass is 19.1. The number of carbonyl (C=O) groups excluding carboxylic acids is 1. The normalized spacial score (nSPS) is 10.9. The van der Waals surface area contributed by atoms with E-state index in [1.54, 1.807) is 12.1 Å². The van der Waals surface area contributed by atoms with Gasteiger partial charge in [0.25, 0.3) is 5.56 Å². The number of hydrogen-bond donors (Lipinski definition) is 1. The second-order valence-corrected chi connectivity index (χ2v) is 6.03. The molecule has 26 heavy (non-hydrogen) atoms. The SMILES string of the molecule is Cc1cccc2c(=O)n(CC(=O)NCCc3cc(F)cc(F)c3)cnc12. The smallest absolute Gasteiger partial charge is 0.261 e. The molecular formula is C19H17F2N3O2. The van der Waals surface area contributed by atoms with Crippen molar-refractivity contribution >= 4 is 16.8 Å². The number of aromatic nitrogens is 2. The van der Waals surface area contributed by atoms with Crippen molar-refractivity contribution in [2.45, 2.75) is 19.9 Å². The van der Waals surface area contributed by atoms with Crippen molar-refractivity contribution in [2.24, 2.45) is 0 Å². The summed E-state index contributed by atoms with van der Waals surface area (Å²) in [6, 6.07) is 8.53. The minimum absolute atomic E-state index is 0.173. The van der Waals surface area contributed by atoms with Crippen LogP contribution in [-0.4, -0.2) is 22.0 Å². The lowest BCUT2D eigenvalue weighted by molar-refractivity contribution is -0.121. The van der Waals surface area contributed by atoms with Crippen LogP contribution in [0.3, 0.4) is 0 Å². The van der Waals surface area contributed by atoms with Gasteiger partial charge in [-0.2, -0.15) is 0 Å². The van der Waals surface area contributed by atoms with Crippen LogP contribution >= 0.6 is 0 Å². The largest absolute Gasteiger partial charge is 0.354 e. The van der Waals surface area contributed by atoms with Crippen LogP contribution in [0.4, 0.5) is 8.78 Å². The van der Waals surface area contributed by atoms with Gasteiger partial charge in [0.05, 0.1) is 17.2 Å². The van der Waals surface area contributed by atoms with Crippen LogP contribution in [-0.2, 0) is 17.8 Å². The van der Waals surface area contributed by atoms with E-state index in [0.29, 0.717) is 16.5 Å². The molecule has 0 saturated heterocycles. The van der Waals surface area contributed by atoms with Gasteiger partial charge in [-0.05, 0) is 42.7 Å². The molecule has 1 amide bonds. The van der Waals surface area contributed by atoms with E-state index < -0.39 is 11.6 Å². The number of rotatable bonds is 5. The van der Waals surface area contributed by atoms with Crippen LogP contribution in [0.1, 0.15) is 11.1 Å². The van der Waals surface area contributed by atoms with E-state index >= 15 is 0 Å². The average Bonchev–Trinajstić information content (AvgIpc) is 2.57. The van der Waals surface area contributed by atoms with Gasteiger partial charge >= 0.3 is 0 Å². The molecule has 0 aliphatic carbocycles. The fourth-order valence-electron chi connectivity index (χ4n) is 2.76. The van der Waals surface area contributed by atoms with Crippen LogP contribution in [0.5, 0.6) is 0 Å². The first kappa shape index (κ1) is 17.7. The average molecular weight is 357 g/mol. The van der Waals surface area contributed by atoms with Gasteiger partial charge in [-0.1, -0.05) is 12.1 Å². The molecule has 5 nitrogen and oxygen atoms in total. The predicted octanol–water partition coefficient (Wildman–Crippen LogP) is 2.34. The van der Waals surface area contributed by atoms with Crippen molar-refractivity contribution in [1.29, 1.82) is 0 Å². The predicted molar refractivity (Wildman–Crippen MR) is 93.8 cm³/mol. The van der Waals surface area contributed by atoms with E-state index in [-0.39, 0.29) is 31.0 Å². The van der Waals surface area contributed by atoms with Crippen LogP contribution in [0.25, 0.3) is 10.9 Å². The number of nitrogens with zero attached hydrogens (tertiary/aromatic N) is 2. The Labute approximate surface area is 148 Å². The lowest BCUT2D eigenvalue weighted by atomic mass is 10.1. The Morgan fingerprint density at radius 1 is 1.19 bits per heavy atom. The third-order valence-corrected chi connectivity index (χ3v) is 4.03. The number of halogens is 2.